The fourth-order valence-electron chi connectivity index (χ4n) is 3.68. The summed E-state index contributed by atoms with van der Waals surface area (Å²) in [6.07, 6.45) is 5.79. The number of aliphatic imine (C=N–C) groups is 1. The lowest BCUT2D eigenvalue weighted by Gasteiger charge is -2.32. The number of amidine groups is 1. The fraction of sp³-hybridized carbons (Fsp3) is 0.333. The van der Waals surface area contributed by atoms with Crippen molar-refractivity contribution in [3.63, 3.8) is 0 Å². The summed E-state index contributed by atoms with van der Waals surface area (Å²) >= 11 is 0. The molecule has 10 heteroatoms. The van der Waals surface area contributed by atoms with Crippen molar-refractivity contribution < 1.29 is 18.4 Å². The van der Waals surface area contributed by atoms with E-state index in [1.165, 1.54) is 12.3 Å². The van der Waals surface area contributed by atoms with E-state index in [1.54, 1.807) is 17.3 Å². The van der Waals surface area contributed by atoms with Gasteiger partial charge in [0, 0.05) is 18.3 Å². The zero-order chi connectivity index (χ0) is 19.8. The number of hydrogen-bond donors (Lipinski definition) is 2. The van der Waals surface area contributed by atoms with Crippen molar-refractivity contribution >= 4 is 23.9 Å². The number of carbonyl (C=O) groups is 2. The van der Waals surface area contributed by atoms with Crippen molar-refractivity contribution in [2.24, 2.45) is 15.8 Å². The number of nitrogens with two attached hydrogens (primary N) is 1. The van der Waals surface area contributed by atoms with Crippen molar-refractivity contribution in [3.8, 4) is 0 Å². The van der Waals surface area contributed by atoms with Crippen LogP contribution in [0, 0.1) is 11.6 Å². The van der Waals surface area contributed by atoms with E-state index in [2.05, 4.69) is 15.4 Å². The summed E-state index contributed by atoms with van der Waals surface area (Å²) in [6, 6.07) is 2.46. The van der Waals surface area contributed by atoms with Gasteiger partial charge in [-0.1, -0.05) is 0 Å². The first-order valence-electron chi connectivity index (χ1n) is 8.84. The standard InChI is InChI=1S/C18H18F2N6O2/c19-10-3-4-12(20)11(8-10)14-2-1-6-25(14)15-5-7-26-17(24-15)13(9-22-26)23-18(28)16(21)27/h3-5,7-9,13-14,17H,1-2,6H2,(H2,21,27)(H,23,28)/t13?,14-,17?/m1/s1. The number of carbonyl (C=O) groups excluding carboxylic acids is 2. The summed E-state index contributed by atoms with van der Waals surface area (Å²) in [6.45, 7) is 0.635. The highest BCUT2D eigenvalue weighted by molar-refractivity contribution is 6.34. The van der Waals surface area contributed by atoms with Crippen LogP contribution in [0.2, 0.25) is 0 Å². The van der Waals surface area contributed by atoms with E-state index >= 15 is 0 Å². The fourth-order valence-corrected chi connectivity index (χ4v) is 3.68. The van der Waals surface area contributed by atoms with Gasteiger partial charge in [-0.3, -0.25) is 9.59 Å². The number of likely N-dealkylation sites (tertiary alicyclic amines) is 1. The number of hydrogen-bond acceptors (Lipinski definition) is 6. The Bertz CT molecular complexity index is 915. The van der Waals surface area contributed by atoms with E-state index in [-0.39, 0.29) is 11.6 Å². The van der Waals surface area contributed by atoms with E-state index in [4.69, 9.17) is 5.73 Å². The van der Waals surface area contributed by atoms with Gasteiger partial charge in [-0.2, -0.15) is 5.10 Å². The topological polar surface area (TPSA) is 103 Å². The van der Waals surface area contributed by atoms with Crippen LogP contribution in [-0.2, 0) is 9.59 Å². The predicted molar refractivity (Wildman–Crippen MR) is 96.9 cm³/mol. The molecular formula is C18H18F2N6O2. The third-order valence-corrected chi connectivity index (χ3v) is 4.98. The van der Waals surface area contributed by atoms with Crippen LogP contribution >= 0.6 is 0 Å². The molecule has 28 heavy (non-hydrogen) atoms. The number of fused-ring (bicyclic) bond motifs is 1. The molecule has 0 aliphatic carbocycles. The summed E-state index contributed by atoms with van der Waals surface area (Å²) in [4.78, 5) is 29.1. The monoisotopic (exact) mass is 388 g/mol. The van der Waals surface area contributed by atoms with Crippen LogP contribution in [0.15, 0.2) is 40.6 Å². The highest BCUT2D eigenvalue weighted by Crippen LogP contribution is 2.35. The molecule has 1 aromatic carbocycles. The number of nitrogens with zero attached hydrogens (tertiary/aromatic N) is 4. The smallest absolute Gasteiger partial charge is 0.309 e. The summed E-state index contributed by atoms with van der Waals surface area (Å²) in [5.74, 6) is -2.39. The Kier molecular flexibility index (Phi) is 4.54. The molecule has 3 N–H and O–H groups in total. The van der Waals surface area contributed by atoms with Crippen molar-refractivity contribution in [1.82, 2.24) is 15.2 Å². The van der Waals surface area contributed by atoms with E-state index in [1.807, 2.05) is 4.90 Å². The summed E-state index contributed by atoms with van der Waals surface area (Å²) in [5, 5.41) is 8.15. The van der Waals surface area contributed by atoms with Crippen LogP contribution in [0.5, 0.6) is 0 Å². The summed E-state index contributed by atoms with van der Waals surface area (Å²) in [5.41, 5.74) is 5.27. The quantitative estimate of drug-likeness (QED) is 0.725. The molecule has 4 rings (SSSR count). The first-order valence-corrected chi connectivity index (χ1v) is 8.84. The maximum absolute atomic E-state index is 14.3. The number of halogens is 2. The predicted octanol–water partition coefficient (Wildman–Crippen LogP) is 0.625. The largest absolute Gasteiger partial charge is 0.361 e. The van der Waals surface area contributed by atoms with Gasteiger partial charge in [0.2, 0.25) is 0 Å². The number of rotatable bonds is 2. The maximum atomic E-state index is 14.3. The van der Waals surface area contributed by atoms with Gasteiger partial charge in [-0.15, -0.1) is 0 Å². The van der Waals surface area contributed by atoms with Crippen LogP contribution < -0.4 is 11.1 Å². The summed E-state index contributed by atoms with van der Waals surface area (Å²) < 4.78 is 27.9. The zero-order valence-corrected chi connectivity index (χ0v) is 14.8. The second-order valence-corrected chi connectivity index (χ2v) is 6.74. The highest BCUT2D eigenvalue weighted by Gasteiger charge is 2.37. The van der Waals surface area contributed by atoms with Gasteiger partial charge in [0.1, 0.15) is 23.5 Å². The molecular weight excluding hydrogens is 370 g/mol. The molecule has 2 amide bonds. The van der Waals surface area contributed by atoms with Crippen LogP contribution in [0.1, 0.15) is 24.4 Å². The Balaban J connectivity index is 1.58. The molecule has 0 bridgehead atoms. The van der Waals surface area contributed by atoms with Gasteiger partial charge in [0.05, 0.1) is 12.3 Å². The Morgan fingerprint density at radius 1 is 1.29 bits per heavy atom. The van der Waals surface area contributed by atoms with Gasteiger partial charge in [-0.25, -0.2) is 18.8 Å². The van der Waals surface area contributed by atoms with Gasteiger partial charge in [0.15, 0.2) is 6.17 Å². The van der Waals surface area contributed by atoms with E-state index in [0.717, 1.165) is 18.6 Å². The van der Waals surface area contributed by atoms with Gasteiger partial charge in [-0.05, 0) is 37.1 Å². The van der Waals surface area contributed by atoms with E-state index < -0.39 is 35.7 Å². The molecule has 0 spiro atoms. The molecule has 8 nitrogen and oxygen atoms in total. The molecule has 1 aromatic rings. The molecule has 1 saturated heterocycles. The first kappa shape index (κ1) is 18.1. The first-order chi connectivity index (χ1) is 13.4. The average molecular weight is 388 g/mol. The lowest BCUT2D eigenvalue weighted by atomic mass is 10.0. The van der Waals surface area contributed by atoms with Gasteiger partial charge in [0.25, 0.3) is 0 Å². The van der Waals surface area contributed by atoms with Crippen LogP contribution in [0.3, 0.4) is 0 Å². The Hall–Kier alpha value is -3.30. The molecule has 0 radical (unpaired) electrons. The molecule has 0 saturated carbocycles. The van der Waals surface area contributed by atoms with Crippen molar-refractivity contribution in [2.75, 3.05) is 6.54 Å². The highest BCUT2D eigenvalue weighted by atomic mass is 19.1. The summed E-state index contributed by atoms with van der Waals surface area (Å²) in [7, 11) is 0. The van der Waals surface area contributed by atoms with E-state index in [9.17, 15) is 18.4 Å². The molecule has 0 aromatic heterocycles. The van der Waals surface area contributed by atoms with Crippen LogP contribution in [0.25, 0.3) is 0 Å². The van der Waals surface area contributed by atoms with Crippen molar-refractivity contribution in [1.29, 1.82) is 0 Å². The number of primary amides is 1. The third-order valence-electron chi connectivity index (χ3n) is 4.98. The Labute approximate surface area is 159 Å². The molecule has 3 atom stereocenters. The lowest BCUT2D eigenvalue weighted by molar-refractivity contribution is -0.137. The molecule has 2 unspecified atom stereocenters. The Morgan fingerprint density at radius 3 is 2.89 bits per heavy atom. The van der Waals surface area contributed by atoms with Crippen molar-refractivity contribution in [2.45, 2.75) is 31.1 Å². The molecule has 3 aliphatic rings. The minimum absolute atomic E-state index is 0.289. The number of benzene rings is 1. The minimum atomic E-state index is -1.09. The third kappa shape index (κ3) is 3.21. The van der Waals surface area contributed by atoms with Gasteiger partial charge < -0.3 is 16.0 Å². The number of hydrazone groups is 1. The molecule has 3 heterocycles. The Morgan fingerprint density at radius 2 is 2.11 bits per heavy atom. The molecule has 1 fully saturated rings. The molecule has 146 valence electrons. The zero-order valence-electron chi connectivity index (χ0n) is 14.8. The molecule has 3 aliphatic heterocycles. The number of nitrogens with one attached hydrogen (secondary N) is 1. The normalized spacial score (nSPS) is 25.6. The maximum Gasteiger partial charge on any atom is 0.309 e. The average Bonchev–Trinajstić information content (AvgIpc) is 3.30. The van der Waals surface area contributed by atoms with Gasteiger partial charge >= 0.3 is 11.8 Å². The second kappa shape index (κ2) is 7.02. The van der Waals surface area contributed by atoms with E-state index in [0.29, 0.717) is 18.8 Å². The lowest BCUT2D eigenvalue weighted by Crippen LogP contribution is -2.50. The second-order valence-electron chi connectivity index (χ2n) is 6.74. The van der Waals surface area contributed by atoms with Crippen LogP contribution in [0.4, 0.5) is 8.78 Å². The minimum Gasteiger partial charge on any atom is -0.361 e. The SMILES string of the molecule is NC(=O)C(=O)NC1C=NN2C=CC(N3CCC[C@@H]3c3cc(F)ccc3F)=NC12. The number of amides is 2. The van der Waals surface area contributed by atoms with Crippen molar-refractivity contribution in [3.05, 3.63) is 47.7 Å². The van der Waals surface area contributed by atoms with Crippen LogP contribution in [-0.4, -0.2) is 52.5 Å².